The van der Waals surface area contributed by atoms with E-state index in [4.69, 9.17) is 5.73 Å². The fraction of sp³-hybridized carbons (Fsp3) is 0.154. The molecule has 2 rings (SSSR count). The number of nitrogens with one attached hydrogen (secondary N) is 2. The summed E-state index contributed by atoms with van der Waals surface area (Å²) in [5.41, 5.74) is 3.00. The van der Waals surface area contributed by atoms with Gasteiger partial charge in [0, 0.05) is 5.69 Å². The molecule has 1 aromatic carbocycles. The van der Waals surface area contributed by atoms with Crippen LogP contribution in [0.4, 0.5) is 53.0 Å². The lowest BCUT2D eigenvalue weighted by Crippen LogP contribution is -2.23. The van der Waals surface area contributed by atoms with Gasteiger partial charge in [-0.2, -0.15) is 18.2 Å². The highest BCUT2D eigenvalue weighted by Crippen LogP contribution is 2.32. The summed E-state index contributed by atoms with van der Waals surface area (Å²) in [6.45, 7) is 0. The molecule has 0 saturated heterocycles. The van der Waals surface area contributed by atoms with E-state index in [0.29, 0.717) is 0 Å². The molecule has 0 radical (unpaired) electrons. The van der Waals surface area contributed by atoms with Crippen LogP contribution >= 0.6 is 0 Å². The Morgan fingerprint density at radius 1 is 1.00 bits per heavy atom. The number of nitrogens with two attached hydrogens (primary N) is 1. The van der Waals surface area contributed by atoms with E-state index in [1.807, 2.05) is 0 Å². The summed E-state index contributed by atoms with van der Waals surface area (Å²) in [6.07, 6.45) is -10.1. The Balaban J connectivity index is 2.09. The van der Waals surface area contributed by atoms with Crippen molar-refractivity contribution in [2.45, 2.75) is 12.5 Å². The Hall–Kier alpha value is -3.32. The third kappa shape index (κ3) is 5.58. The third-order valence-electron chi connectivity index (χ3n) is 2.72. The van der Waals surface area contributed by atoms with Gasteiger partial charge in [0.05, 0.1) is 0 Å². The molecule has 14 heteroatoms. The molecule has 0 saturated carbocycles. The fourth-order valence-electron chi connectivity index (χ4n) is 1.71. The lowest BCUT2D eigenvalue weighted by atomic mass is 10.3. The molecule has 146 valence electrons. The molecule has 0 fully saturated rings. The average Bonchev–Trinajstić information content (AvgIpc) is 2.50. The molecule has 4 N–H and O–H groups in total. The number of nitrogen functional groups attached to an aromatic ring is 1. The second kappa shape index (κ2) is 7.13. The maximum atomic E-state index is 13.3. The van der Waals surface area contributed by atoms with Crippen molar-refractivity contribution in [1.29, 1.82) is 0 Å². The minimum Gasteiger partial charge on any atom is -0.406 e. The first kappa shape index (κ1) is 20.0. The number of alkyl halides is 6. The quantitative estimate of drug-likeness (QED) is 0.683. The Kier molecular flexibility index (Phi) is 5.28. The molecule has 27 heavy (non-hydrogen) atoms. The number of anilines is 3. The summed E-state index contributed by atoms with van der Waals surface area (Å²) in [7, 11) is 0. The molecule has 0 aliphatic rings. The number of hydrogen-bond acceptors (Lipinski definition) is 5. The number of aromatic nitrogens is 2. The van der Waals surface area contributed by atoms with Gasteiger partial charge < -0.3 is 15.8 Å². The van der Waals surface area contributed by atoms with Crippen molar-refractivity contribution in [2.75, 3.05) is 16.4 Å². The highest BCUT2D eigenvalue weighted by atomic mass is 19.4. The van der Waals surface area contributed by atoms with Crippen LogP contribution in [-0.2, 0) is 6.18 Å². The predicted molar refractivity (Wildman–Crippen MR) is 77.2 cm³/mol. The maximum absolute atomic E-state index is 13.3. The number of amides is 2. The highest BCUT2D eigenvalue weighted by molar-refractivity contribution is 5.98. The molecule has 0 atom stereocenters. The maximum Gasteiger partial charge on any atom is 0.573 e. The van der Waals surface area contributed by atoms with Crippen LogP contribution in [0.25, 0.3) is 0 Å². The minimum absolute atomic E-state index is 0.0341. The summed E-state index contributed by atoms with van der Waals surface area (Å²) in [5, 5.41) is 3.88. The zero-order valence-corrected chi connectivity index (χ0v) is 12.7. The monoisotopic (exact) mass is 399 g/mol. The Morgan fingerprint density at radius 3 is 2.11 bits per heavy atom. The van der Waals surface area contributed by atoms with Crippen molar-refractivity contribution in [3.63, 3.8) is 0 Å². The Labute approximate surface area is 145 Å². The van der Waals surface area contributed by atoms with Crippen molar-refractivity contribution >= 4 is 23.5 Å². The SMILES string of the molecule is Nc1nc(NC(=O)Nc2ccc(OC(F)(F)F)cc2)nc(C(F)(F)F)c1F. The first-order valence-electron chi connectivity index (χ1n) is 6.69. The predicted octanol–water partition coefficient (Wildman–Crippen LogP) is 3.76. The standard InChI is InChI=1S/C13H8F7N5O2/c14-7-8(12(15,16)17)23-10(24-9(7)21)25-11(26)22-5-1-3-6(4-2-5)27-13(18,19)20/h1-4H,(H4,21,22,23,24,25,26). The average molecular weight is 399 g/mol. The second-order valence-electron chi connectivity index (χ2n) is 4.74. The number of benzene rings is 1. The molecule has 0 spiro atoms. The summed E-state index contributed by atoms with van der Waals surface area (Å²) in [4.78, 5) is 17.7. The number of ether oxygens (including phenoxy) is 1. The fourth-order valence-corrected chi connectivity index (χ4v) is 1.71. The molecule has 0 aliphatic carbocycles. The summed E-state index contributed by atoms with van der Waals surface area (Å²) in [5.74, 6) is -4.52. The van der Waals surface area contributed by atoms with Crippen molar-refractivity contribution < 1.29 is 40.3 Å². The van der Waals surface area contributed by atoms with Crippen molar-refractivity contribution in [1.82, 2.24) is 9.97 Å². The van der Waals surface area contributed by atoms with Crippen molar-refractivity contribution in [3.8, 4) is 5.75 Å². The van der Waals surface area contributed by atoms with E-state index in [9.17, 15) is 35.5 Å². The number of hydrogen-bond donors (Lipinski definition) is 3. The minimum atomic E-state index is -5.18. The molecular weight excluding hydrogens is 391 g/mol. The summed E-state index contributed by atoms with van der Waals surface area (Å²) in [6, 6.07) is 2.68. The smallest absolute Gasteiger partial charge is 0.406 e. The summed E-state index contributed by atoms with van der Waals surface area (Å²) < 4.78 is 91.0. The molecule has 2 amide bonds. The van der Waals surface area contributed by atoms with Gasteiger partial charge in [-0.3, -0.25) is 5.32 Å². The van der Waals surface area contributed by atoms with Crippen LogP contribution < -0.4 is 21.1 Å². The Morgan fingerprint density at radius 2 is 1.59 bits per heavy atom. The Bertz CT molecular complexity index is 837. The van der Waals surface area contributed by atoms with Crippen molar-refractivity contribution in [2.24, 2.45) is 0 Å². The number of carbonyl (C=O) groups excluding carboxylic acids is 1. The van der Waals surface area contributed by atoms with Crippen LogP contribution in [0.15, 0.2) is 24.3 Å². The molecule has 1 heterocycles. The van der Waals surface area contributed by atoms with Gasteiger partial charge in [-0.25, -0.2) is 14.2 Å². The lowest BCUT2D eigenvalue weighted by Gasteiger charge is -2.12. The van der Waals surface area contributed by atoms with Gasteiger partial charge in [0.1, 0.15) is 5.75 Å². The third-order valence-corrected chi connectivity index (χ3v) is 2.72. The first-order chi connectivity index (χ1) is 12.3. The molecular formula is C13H8F7N5O2. The van der Waals surface area contributed by atoms with E-state index in [-0.39, 0.29) is 5.69 Å². The van der Waals surface area contributed by atoms with E-state index in [0.717, 1.165) is 24.3 Å². The van der Waals surface area contributed by atoms with Gasteiger partial charge in [-0.1, -0.05) is 0 Å². The van der Waals surface area contributed by atoms with Crippen LogP contribution in [0.1, 0.15) is 5.69 Å². The number of halogens is 7. The molecule has 0 aliphatic heterocycles. The normalized spacial score (nSPS) is 11.8. The van der Waals surface area contributed by atoms with Gasteiger partial charge in [0.25, 0.3) is 0 Å². The van der Waals surface area contributed by atoms with E-state index in [1.54, 1.807) is 5.32 Å². The number of nitrogens with zero attached hydrogens (tertiary/aromatic N) is 2. The van der Waals surface area contributed by atoms with Crippen LogP contribution in [0.3, 0.4) is 0 Å². The highest BCUT2D eigenvalue weighted by Gasteiger charge is 2.38. The molecule has 0 unspecified atom stereocenters. The topological polar surface area (TPSA) is 102 Å². The largest absolute Gasteiger partial charge is 0.573 e. The van der Waals surface area contributed by atoms with Gasteiger partial charge in [0.15, 0.2) is 17.3 Å². The van der Waals surface area contributed by atoms with E-state index in [2.05, 4.69) is 20.0 Å². The van der Waals surface area contributed by atoms with Gasteiger partial charge in [-0.05, 0) is 24.3 Å². The van der Waals surface area contributed by atoms with Crippen LogP contribution in [-0.4, -0.2) is 22.4 Å². The van der Waals surface area contributed by atoms with Crippen LogP contribution in [0.2, 0.25) is 0 Å². The van der Waals surface area contributed by atoms with Gasteiger partial charge in [-0.15, -0.1) is 13.2 Å². The van der Waals surface area contributed by atoms with Crippen LogP contribution in [0.5, 0.6) is 5.75 Å². The molecule has 1 aromatic heterocycles. The first-order valence-corrected chi connectivity index (χ1v) is 6.69. The van der Waals surface area contributed by atoms with Crippen LogP contribution in [0, 0.1) is 5.82 Å². The van der Waals surface area contributed by atoms with Crippen molar-refractivity contribution in [3.05, 3.63) is 35.8 Å². The van der Waals surface area contributed by atoms with Gasteiger partial charge >= 0.3 is 18.6 Å². The second-order valence-corrected chi connectivity index (χ2v) is 4.74. The lowest BCUT2D eigenvalue weighted by molar-refractivity contribution is -0.274. The molecule has 7 nitrogen and oxygen atoms in total. The van der Waals surface area contributed by atoms with Gasteiger partial charge in [0.2, 0.25) is 5.95 Å². The molecule has 0 bridgehead atoms. The van der Waals surface area contributed by atoms with E-state index < -0.39 is 47.6 Å². The summed E-state index contributed by atoms with van der Waals surface area (Å²) >= 11 is 0. The molecule has 2 aromatic rings. The number of carbonyl (C=O) groups is 1. The zero-order chi connectivity index (χ0) is 20.4. The van der Waals surface area contributed by atoms with E-state index in [1.165, 1.54) is 0 Å². The number of urea groups is 1. The van der Waals surface area contributed by atoms with E-state index >= 15 is 0 Å². The number of rotatable bonds is 3. The zero-order valence-electron chi connectivity index (χ0n) is 12.7.